The molecule has 0 aliphatic carbocycles. The summed E-state index contributed by atoms with van der Waals surface area (Å²) in [5, 5.41) is 3.52. The zero-order valence-corrected chi connectivity index (χ0v) is 9.95. The quantitative estimate of drug-likeness (QED) is 0.833. The number of piperidine rings is 1. The molecule has 1 aliphatic rings. The van der Waals surface area contributed by atoms with E-state index in [4.69, 9.17) is 9.15 Å². The van der Waals surface area contributed by atoms with E-state index in [0.717, 1.165) is 18.8 Å². The molecule has 1 fully saturated rings. The highest BCUT2D eigenvalue weighted by molar-refractivity contribution is 5.00. The van der Waals surface area contributed by atoms with Gasteiger partial charge in [0.25, 0.3) is 0 Å². The summed E-state index contributed by atoms with van der Waals surface area (Å²) in [6.45, 7) is 4.01. The van der Waals surface area contributed by atoms with Gasteiger partial charge in [0.2, 0.25) is 0 Å². The molecular weight excluding hydrogens is 202 g/mol. The predicted octanol–water partition coefficient (Wildman–Crippen LogP) is 2.89. The van der Waals surface area contributed by atoms with Gasteiger partial charge in [0, 0.05) is 12.6 Å². The lowest BCUT2D eigenvalue weighted by atomic mass is 10.0. The lowest BCUT2D eigenvalue weighted by Crippen LogP contribution is -2.34. The van der Waals surface area contributed by atoms with Crippen molar-refractivity contribution in [2.45, 2.75) is 44.8 Å². The molecule has 3 heteroatoms. The molecule has 1 aromatic rings. The van der Waals surface area contributed by atoms with Crippen molar-refractivity contribution in [1.29, 1.82) is 0 Å². The Labute approximate surface area is 97.2 Å². The van der Waals surface area contributed by atoms with Crippen LogP contribution in [0.25, 0.3) is 0 Å². The first-order chi connectivity index (χ1) is 7.86. The summed E-state index contributed by atoms with van der Waals surface area (Å²) in [5.41, 5.74) is 0. The maximum absolute atomic E-state index is 5.76. The molecule has 2 heterocycles. The Kier molecular flexibility index (Phi) is 4.43. The minimum Gasteiger partial charge on any atom is -0.467 e. The Morgan fingerprint density at radius 3 is 3.19 bits per heavy atom. The molecule has 1 aliphatic heterocycles. The molecule has 0 bridgehead atoms. The molecule has 0 radical (unpaired) electrons. The van der Waals surface area contributed by atoms with Gasteiger partial charge in [-0.3, -0.25) is 0 Å². The summed E-state index contributed by atoms with van der Waals surface area (Å²) in [7, 11) is 0. The molecule has 0 unspecified atom stereocenters. The van der Waals surface area contributed by atoms with E-state index in [1.54, 1.807) is 6.26 Å². The van der Waals surface area contributed by atoms with Crippen LogP contribution in [-0.4, -0.2) is 19.2 Å². The summed E-state index contributed by atoms with van der Waals surface area (Å²) < 4.78 is 11.1. The largest absolute Gasteiger partial charge is 0.467 e. The van der Waals surface area contributed by atoms with E-state index in [1.807, 2.05) is 19.1 Å². The smallest absolute Gasteiger partial charge is 0.132 e. The molecule has 16 heavy (non-hydrogen) atoms. The van der Waals surface area contributed by atoms with Crippen molar-refractivity contribution in [3.8, 4) is 0 Å². The summed E-state index contributed by atoms with van der Waals surface area (Å²) in [4.78, 5) is 0. The summed E-state index contributed by atoms with van der Waals surface area (Å²) in [6.07, 6.45) is 6.83. The lowest BCUT2D eigenvalue weighted by Gasteiger charge is -2.23. The van der Waals surface area contributed by atoms with E-state index in [0.29, 0.717) is 6.04 Å². The highest BCUT2D eigenvalue weighted by atomic mass is 16.5. The third-order valence-corrected chi connectivity index (χ3v) is 3.19. The van der Waals surface area contributed by atoms with E-state index in [-0.39, 0.29) is 6.10 Å². The molecule has 90 valence electrons. The average Bonchev–Trinajstić information content (AvgIpc) is 2.84. The van der Waals surface area contributed by atoms with Gasteiger partial charge in [-0.2, -0.15) is 0 Å². The first-order valence-electron chi connectivity index (χ1n) is 6.24. The lowest BCUT2D eigenvalue weighted by molar-refractivity contribution is 0.0433. The fourth-order valence-corrected chi connectivity index (χ4v) is 2.16. The van der Waals surface area contributed by atoms with Crippen molar-refractivity contribution in [2.24, 2.45) is 0 Å². The van der Waals surface area contributed by atoms with Crippen LogP contribution in [0.5, 0.6) is 0 Å². The van der Waals surface area contributed by atoms with E-state index < -0.39 is 0 Å². The van der Waals surface area contributed by atoms with Crippen LogP contribution >= 0.6 is 0 Å². The molecule has 0 spiro atoms. The Bertz CT molecular complexity index is 278. The van der Waals surface area contributed by atoms with Crippen LogP contribution < -0.4 is 5.32 Å². The summed E-state index contributed by atoms with van der Waals surface area (Å²) >= 11 is 0. The standard InChI is InChI=1S/C13H21NO2/c1-11(13-6-4-9-16-13)15-10-7-12-5-2-3-8-14-12/h4,6,9,11-12,14H,2-3,5,7-8,10H2,1H3/t11-,12-/m0/s1. The monoisotopic (exact) mass is 223 g/mol. The van der Waals surface area contributed by atoms with Crippen LogP contribution in [0, 0.1) is 0 Å². The molecule has 1 saturated heterocycles. The van der Waals surface area contributed by atoms with Gasteiger partial charge in [0.1, 0.15) is 11.9 Å². The van der Waals surface area contributed by atoms with Crippen LogP contribution in [0.2, 0.25) is 0 Å². The summed E-state index contributed by atoms with van der Waals surface area (Å²) in [5.74, 6) is 0.914. The molecule has 0 amide bonds. The van der Waals surface area contributed by atoms with Crippen LogP contribution in [0.3, 0.4) is 0 Å². The Hall–Kier alpha value is -0.800. The fraction of sp³-hybridized carbons (Fsp3) is 0.692. The maximum Gasteiger partial charge on any atom is 0.132 e. The zero-order valence-electron chi connectivity index (χ0n) is 9.95. The SMILES string of the molecule is C[C@H](OCC[C@@H]1CCCCN1)c1ccco1. The molecule has 3 nitrogen and oxygen atoms in total. The minimum atomic E-state index is 0.0681. The number of hydrogen-bond donors (Lipinski definition) is 1. The number of ether oxygens (including phenoxy) is 1. The van der Waals surface area contributed by atoms with Gasteiger partial charge in [0.05, 0.1) is 6.26 Å². The predicted molar refractivity (Wildman–Crippen MR) is 63.3 cm³/mol. The second-order valence-electron chi connectivity index (χ2n) is 4.46. The molecular formula is C13H21NO2. The molecule has 0 saturated carbocycles. The Morgan fingerprint density at radius 1 is 1.56 bits per heavy atom. The van der Waals surface area contributed by atoms with Crippen molar-refractivity contribution in [3.05, 3.63) is 24.2 Å². The second kappa shape index (κ2) is 6.06. The van der Waals surface area contributed by atoms with E-state index in [1.165, 1.54) is 25.8 Å². The highest BCUT2D eigenvalue weighted by Crippen LogP contribution is 2.18. The average molecular weight is 223 g/mol. The Balaban J connectivity index is 1.63. The van der Waals surface area contributed by atoms with E-state index in [2.05, 4.69) is 5.32 Å². The molecule has 1 aromatic heterocycles. The van der Waals surface area contributed by atoms with Gasteiger partial charge in [-0.25, -0.2) is 0 Å². The minimum absolute atomic E-state index is 0.0681. The third-order valence-electron chi connectivity index (χ3n) is 3.19. The van der Waals surface area contributed by atoms with E-state index >= 15 is 0 Å². The topological polar surface area (TPSA) is 34.4 Å². The first-order valence-corrected chi connectivity index (χ1v) is 6.24. The molecule has 0 aromatic carbocycles. The van der Waals surface area contributed by atoms with Crippen LogP contribution in [0.1, 0.15) is 44.5 Å². The Morgan fingerprint density at radius 2 is 2.50 bits per heavy atom. The molecule has 1 N–H and O–H groups in total. The fourth-order valence-electron chi connectivity index (χ4n) is 2.16. The maximum atomic E-state index is 5.76. The van der Waals surface area contributed by atoms with Crippen molar-refractivity contribution < 1.29 is 9.15 Å². The highest BCUT2D eigenvalue weighted by Gasteiger charge is 2.13. The van der Waals surface area contributed by atoms with Crippen molar-refractivity contribution >= 4 is 0 Å². The number of nitrogens with one attached hydrogen (secondary N) is 1. The van der Waals surface area contributed by atoms with Gasteiger partial charge in [0.15, 0.2) is 0 Å². The third kappa shape index (κ3) is 3.35. The van der Waals surface area contributed by atoms with Crippen LogP contribution in [-0.2, 0) is 4.74 Å². The van der Waals surface area contributed by atoms with Gasteiger partial charge in [-0.05, 0) is 44.9 Å². The van der Waals surface area contributed by atoms with Gasteiger partial charge < -0.3 is 14.5 Å². The normalized spacial score (nSPS) is 23.2. The van der Waals surface area contributed by atoms with Gasteiger partial charge in [-0.15, -0.1) is 0 Å². The molecule has 2 rings (SSSR count). The number of rotatable bonds is 5. The van der Waals surface area contributed by atoms with Crippen molar-refractivity contribution in [3.63, 3.8) is 0 Å². The van der Waals surface area contributed by atoms with Gasteiger partial charge in [-0.1, -0.05) is 6.42 Å². The van der Waals surface area contributed by atoms with Crippen LogP contribution in [0.4, 0.5) is 0 Å². The zero-order chi connectivity index (χ0) is 11.2. The summed E-state index contributed by atoms with van der Waals surface area (Å²) in [6, 6.07) is 4.51. The number of furan rings is 1. The molecule has 2 atom stereocenters. The van der Waals surface area contributed by atoms with Crippen molar-refractivity contribution in [1.82, 2.24) is 5.32 Å². The van der Waals surface area contributed by atoms with Crippen molar-refractivity contribution in [2.75, 3.05) is 13.2 Å². The van der Waals surface area contributed by atoms with E-state index in [9.17, 15) is 0 Å². The second-order valence-corrected chi connectivity index (χ2v) is 4.46. The first kappa shape index (κ1) is 11.7. The van der Waals surface area contributed by atoms with Crippen LogP contribution in [0.15, 0.2) is 22.8 Å². The number of hydrogen-bond acceptors (Lipinski definition) is 3. The van der Waals surface area contributed by atoms with Gasteiger partial charge >= 0.3 is 0 Å².